The van der Waals surface area contributed by atoms with Gasteiger partial charge in [-0.15, -0.1) is 0 Å². The first-order valence-corrected chi connectivity index (χ1v) is 19.0. The van der Waals surface area contributed by atoms with Gasteiger partial charge in [-0.05, 0) is 84.9 Å². The molecule has 0 radical (unpaired) electrons. The molecule has 0 aromatic rings. The van der Waals surface area contributed by atoms with Gasteiger partial charge in [0.1, 0.15) is 24.4 Å². The topological polar surface area (TPSA) is 224 Å². The van der Waals surface area contributed by atoms with Crippen molar-refractivity contribution in [3.63, 3.8) is 0 Å². The first kappa shape index (κ1) is 38.5. The average Bonchev–Trinajstić information content (AvgIpc) is 3.20. The molecule has 5 fully saturated rings. The second-order valence-electron chi connectivity index (χ2n) is 16.4. The minimum Gasteiger partial charge on any atom is -0.393 e. The molecule has 8 N–H and O–H groups in total. The number of aliphatic hydroxyl groups excluding tert-OH is 6. The second-order valence-corrected chi connectivity index (χ2v) is 17.5. The third-order valence-corrected chi connectivity index (χ3v) is 13.8. The van der Waals surface area contributed by atoms with Gasteiger partial charge in [0.05, 0.1) is 37.1 Å². The maximum Gasteiger partial charge on any atom is 0.397 e. The van der Waals surface area contributed by atoms with Crippen molar-refractivity contribution in [2.24, 2.45) is 52.3 Å². The fourth-order valence-electron chi connectivity index (χ4n) is 11.0. The highest BCUT2D eigenvalue weighted by Crippen LogP contribution is 2.70. The van der Waals surface area contributed by atoms with Crippen molar-refractivity contribution < 1.29 is 62.4 Å². The molecule has 14 heteroatoms. The van der Waals surface area contributed by atoms with Gasteiger partial charge in [-0.2, -0.15) is 8.42 Å². The van der Waals surface area contributed by atoms with Gasteiger partial charge in [0.15, 0.2) is 6.29 Å². The molecular formula is C34H58O13S. The van der Waals surface area contributed by atoms with E-state index in [0.29, 0.717) is 38.5 Å². The molecule has 5 rings (SSSR count). The molecular weight excluding hydrogens is 648 g/mol. The first-order valence-electron chi connectivity index (χ1n) is 17.6. The highest BCUT2D eigenvalue weighted by atomic mass is 32.3. The van der Waals surface area contributed by atoms with Gasteiger partial charge in [-0.1, -0.05) is 46.8 Å². The number of hydrogen-bond acceptors (Lipinski definition) is 12. The highest BCUT2D eigenvalue weighted by Gasteiger charge is 2.73. The Hall–Kier alpha value is -0.750. The van der Waals surface area contributed by atoms with Gasteiger partial charge in [-0.3, -0.25) is 4.55 Å². The Kier molecular flexibility index (Phi) is 11.2. The van der Waals surface area contributed by atoms with Crippen molar-refractivity contribution in [1.29, 1.82) is 0 Å². The molecule has 1 saturated heterocycles. The van der Waals surface area contributed by atoms with E-state index in [1.807, 2.05) is 46.8 Å². The van der Waals surface area contributed by atoms with Crippen molar-refractivity contribution in [2.45, 2.75) is 134 Å². The Morgan fingerprint density at radius 3 is 2.23 bits per heavy atom. The predicted molar refractivity (Wildman–Crippen MR) is 172 cm³/mol. The van der Waals surface area contributed by atoms with E-state index in [9.17, 15) is 48.7 Å². The molecule has 0 aromatic carbocycles. The van der Waals surface area contributed by atoms with Crippen LogP contribution >= 0.6 is 0 Å². The molecule has 278 valence electrons. The van der Waals surface area contributed by atoms with Gasteiger partial charge in [0.25, 0.3) is 0 Å². The molecule has 1 heterocycles. The Balaban J connectivity index is 1.38. The number of allylic oxidation sites excluding steroid dienone is 2. The standard InChI is InChI=1S/C34H58O13S/c1-17(2)19(10-13-45-31-28(40)26(38)23(37)16-46-31)7-6-18(3)25-27(39)29(47-48(42,43)44)30-33(25,5)12-9-24-32(4)11-8-20(35)14-21(32)22(36)15-34(24,30)41/h6-7,17-31,35-41H,8-16H2,1-5H3,(H,42,43,44)/b7-6+/t18-,19?,20+,21?,22-,23+,24?,25+,26-,27-,28+,29+,30?,31+,32+,33-,34+/m1/s1. The van der Waals surface area contributed by atoms with Crippen LogP contribution in [0.2, 0.25) is 0 Å². The summed E-state index contributed by atoms with van der Waals surface area (Å²) in [7, 11) is -5.01. The van der Waals surface area contributed by atoms with Crippen LogP contribution in [0.4, 0.5) is 0 Å². The van der Waals surface area contributed by atoms with Gasteiger partial charge >= 0.3 is 10.4 Å². The smallest absolute Gasteiger partial charge is 0.393 e. The van der Waals surface area contributed by atoms with Crippen LogP contribution < -0.4 is 0 Å². The summed E-state index contributed by atoms with van der Waals surface area (Å²) >= 11 is 0. The Morgan fingerprint density at radius 1 is 0.917 bits per heavy atom. The minimum absolute atomic E-state index is 0.00246. The van der Waals surface area contributed by atoms with E-state index in [1.165, 1.54) is 0 Å². The Morgan fingerprint density at radius 2 is 1.58 bits per heavy atom. The highest BCUT2D eigenvalue weighted by molar-refractivity contribution is 7.80. The van der Waals surface area contributed by atoms with Crippen LogP contribution in [0.5, 0.6) is 0 Å². The van der Waals surface area contributed by atoms with Crippen molar-refractivity contribution in [3.8, 4) is 0 Å². The lowest BCUT2D eigenvalue weighted by molar-refractivity contribution is -0.270. The summed E-state index contributed by atoms with van der Waals surface area (Å²) in [4.78, 5) is 0. The van der Waals surface area contributed by atoms with Crippen LogP contribution in [0.15, 0.2) is 12.2 Å². The number of hydrogen-bond donors (Lipinski definition) is 8. The minimum atomic E-state index is -5.01. The summed E-state index contributed by atoms with van der Waals surface area (Å²) in [5.74, 6) is -2.18. The fourth-order valence-corrected chi connectivity index (χ4v) is 11.5. The molecule has 0 spiro atoms. The summed E-state index contributed by atoms with van der Waals surface area (Å²) in [5.41, 5.74) is -2.94. The van der Waals surface area contributed by atoms with E-state index >= 15 is 0 Å². The molecule has 0 aromatic heterocycles. The van der Waals surface area contributed by atoms with Crippen LogP contribution in [0.3, 0.4) is 0 Å². The summed E-state index contributed by atoms with van der Waals surface area (Å²) < 4.78 is 50.5. The van der Waals surface area contributed by atoms with E-state index in [-0.39, 0.29) is 49.2 Å². The van der Waals surface area contributed by atoms with Crippen LogP contribution in [-0.4, -0.2) is 117 Å². The van der Waals surface area contributed by atoms with Gasteiger partial charge in [0, 0.05) is 12.3 Å². The molecule has 48 heavy (non-hydrogen) atoms. The zero-order chi connectivity index (χ0) is 35.6. The molecule has 17 atom stereocenters. The monoisotopic (exact) mass is 706 g/mol. The Labute approximate surface area is 284 Å². The van der Waals surface area contributed by atoms with E-state index in [2.05, 4.69) is 0 Å². The quantitative estimate of drug-likeness (QED) is 0.118. The molecule has 13 nitrogen and oxygen atoms in total. The number of ether oxygens (including phenoxy) is 2. The molecule has 4 saturated carbocycles. The van der Waals surface area contributed by atoms with Crippen molar-refractivity contribution in [2.75, 3.05) is 13.2 Å². The normalized spacial score (nSPS) is 49.4. The van der Waals surface area contributed by atoms with Crippen LogP contribution in [0, 0.1) is 52.3 Å². The van der Waals surface area contributed by atoms with Gasteiger partial charge < -0.3 is 45.2 Å². The van der Waals surface area contributed by atoms with Crippen LogP contribution in [0.25, 0.3) is 0 Å². The number of aliphatic hydroxyl groups is 7. The van der Waals surface area contributed by atoms with E-state index in [4.69, 9.17) is 13.7 Å². The average molecular weight is 707 g/mol. The molecule has 4 unspecified atom stereocenters. The van der Waals surface area contributed by atoms with Crippen molar-refractivity contribution in [3.05, 3.63) is 12.2 Å². The van der Waals surface area contributed by atoms with Gasteiger partial charge in [0.2, 0.25) is 0 Å². The zero-order valence-electron chi connectivity index (χ0n) is 28.7. The van der Waals surface area contributed by atoms with E-state index in [0.717, 1.165) is 0 Å². The summed E-state index contributed by atoms with van der Waals surface area (Å²) in [6.45, 7) is 10.1. The first-order chi connectivity index (χ1) is 22.2. The summed E-state index contributed by atoms with van der Waals surface area (Å²) in [6.07, 6.45) is -2.09. The lowest BCUT2D eigenvalue weighted by Crippen LogP contribution is -2.69. The largest absolute Gasteiger partial charge is 0.397 e. The third-order valence-electron chi connectivity index (χ3n) is 13.3. The summed E-state index contributed by atoms with van der Waals surface area (Å²) in [5, 5.41) is 76.3. The fraction of sp³-hybridized carbons (Fsp3) is 0.941. The summed E-state index contributed by atoms with van der Waals surface area (Å²) in [6, 6.07) is 0. The predicted octanol–water partition coefficient (Wildman–Crippen LogP) is 1.17. The molecule has 4 aliphatic carbocycles. The van der Waals surface area contributed by atoms with Crippen LogP contribution in [-0.2, 0) is 24.1 Å². The SMILES string of the molecule is CC(C)C(/C=C/[C@@H](C)[C@H]1[C@@H](O)[C@H](OS(=O)(=O)O)C2[C@]3(O)C[C@@H](O)C4C[C@@H](O)CC[C@]4(C)C3CC[C@@]21C)CCO[C@H]1OC[C@H](O)[C@@H](O)[C@@H]1O. The van der Waals surface area contributed by atoms with E-state index < -0.39 is 87.7 Å². The van der Waals surface area contributed by atoms with Crippen LogP contribution in [0.1, 0.15) is 79.6 Å². The van der Waals surface area contributed by atoms with Crippen molar-refractivity contribution in [1.82, 2.24) is 0 Å². The Bertz CT molecular complexity index is 1260. The lowest BCUT2D eigenvalue weighted by atomic mass is 9.42. The van der Waals surface area contributed by atoms with Crippen molar-refractivity contribution >= 4 is 10.4 Å². The number of rotatable bonds is 10. The maximum atomic E-state index is 12.7. The van der Waals surface area contributed by atoms with Gasteiger partial charge in [-0.25, -0.2) is 4.18 Å². The molecule has 0 amide bonds. The lowest BCUT2D eigenvalue weighted by Gasteiger charge is -2.65. The molecule has 5 aliphatic rings. The maximum absolute atomic E-state index is 12.7. The molecule has 0 bridgehead atoms. The number of fused-ring (bicyclic) bond motifs is 5. The van der Waals surface area contributed by atoms with E-state index in [1.54, 1.807) is 0 Å². The zero-order valence-corrected chi connectivity index (χ0v) is 29.5. The molecule has 1 aliphatic heterocycles. The third kappa shape index (κ3) is 6.91. The second kappa shape index (κ2) is 14.0.